The van der Waals surface area contributed by atoms with Crippen molar-refractivity contribution in [2.24, 2.45) is 5.73 Å². The minimum absolute atomic E-state index is 0.0450. The molecule has 0 heterocycles. The second-order valence-electron chi connectivity index (χ2n) is 3.15. The molecular weight excluding hydrogens is 180 g/mol. The average molecular weight is 200 g/mol. The maximum atomic E-state index is 11.1. The Bertz CT molecular complexity index is 182. The third-order valence-electron chi connectivity index (χ3n) is 1.75. The van der Waals surface area contributed by atoms with Crippen LogP contribution >= 0.6 is 0 Å². The largest absolute Gasteiger partial charge is 0.370 e. The monoisotopic (exact) mass is 200 g/mol. The Morgan fingerprint density at radius 2 is 1.93 bits per heavy atom. The third kappa shape index (κ3) is 8.83. The standard InChI is InChI=1S/C9H20N4O/c1-2-3-6-12-8(14)5-4-7-13-9(10)11/h2-7H2,1H3,(H,12,14)(H4,10,11,13). The number of nitrogens with one attached hydrogen (secondary N) is 3. The zero-order chi connectivity index (χ0) is 10.8. The van der Waals surface area contributed by atoms with Crippen LogP contribution in [0.1, 0.15) is 32.6 Å². The summed E-state index contributed by atoms with van der Waals surface area (Å²) in [4.78, 5) is 11.1. The third-order valence-corrected chi connectivity index (χ3v) is 1.75. The van der Waals surface area contributed by atoms with Gasteiger partial charge in [0.15, 0.2) is 5.96 Å². The van der Waals surface area contributed by atoms with Crippen LogP contribution in [0, 0.1) is 5.41 Å². The van der Waals surface area contributed by atoms with E-state index in [1.165, 1.54) is 0 Å². The maximum absolute atomic E-state index is 11.1. The van der Waals surface area contributed by atoms with Gasteiger partial charge in [0.1, 0.15) is 0 Å². The van der Waals surface area contributed by atoms with Crippen LogP contribution < -0.4 is 16.4 Å². The molecule has 0 unspecified atom stereocenters. The second kappa shape index (κ2) is 8.34. The minimum atomic E-state index is -0.0450. The first-order valence-corrected chi connectivity index (χ1v) is 5.01. The lowest BCUT2D eigenvalue weighted by molar-refractivity contribution is -0.121. The van der Waals surface area contributed by atoms with Gasteiger partial charge in [-0.2, -0.15) is 0 Å². The number of amides is 1. The van der Waals surface area contributed by atoms with Gasteiger partial charge in [0.25, 0.3) is 0 Å². The number of hydrogen-bond acceptors (Lipinski definition) is 2. The molecule has 5 N–H and O–H groups in total. The Kier molecular flexibility index (Phi) is 7.59. The Hall–Kier alpha value is -1.26. The summed E-state index contributed by atoms with van der Waals surface area (Å²) in [5.41, 5.74) is 5.08. The van der Waals surface area contributed by atoms with Gasteiger partial charge in [-0.3, -0.25) is 10.2 Å². The van der Waals surface area contributed by atoms with Crippen LogP contribution in [0.2, 0.25) is 0 Å². The van der Waals surface area contributed by atoms with Gasteiger partial charge < -0.3 is 16.4 Å². The summed E-state index contributed by atoms with van der Waals surface area (Å²) in [5, 5.41) is 12.4. The molecule has 0 spiro atoms. The minimum Gasteiger partial charge on any atom is -0.370 e. The summed E-state index contributed by atoms with van der Waals surface area (Å²) in [6.07, 6.45) is 3.31. The Morgan fingerprint density at radius 3 is 2.50 bits per heavy atom. The molecule has 0 aromatic rings. The van der Waals surface area contributed by atoms with Gasteiger partial charge in [-0.15, -0.1) is 0 Å². The first-order valence-electron chi connectivity index (χ1n) is 5.01. The normalized spacial score (nSPS) is 9.50. The smallest absolute Gasteiger partial charge is 0.220 e. The Labute approximate surface area is 84.9 Å². The topological polar surface area (TPSA) is 91.0 Å². The highest BCUT2D eigenvalue weighted by molar-refractivity contribution is 5.76. The van der Waals surface area contributed by atoms with Crippen LogP contribution in [-0.2, 0) is 4.79 Å². The SMILES string of the molecule is CCCCNC(=O)CCCNC(=N)N. The first-order chi connectivity index (χ1) is 6.66. The van der Waals surface area contributed by atoms with Crippen molar-refractivity contribution in [3.63, 3.8) is 0 Å². The molecule has 0 aliphatic heterocycles. The summed E-state index contributed by atoms with van der Waals surface area (Å²) >= 11 is 0. The molecule has 1 amide bonds. The molecule has 0 aromatic carbocycles. The molecule has 82 valence electrons. The number of guanidine groups is 1. The van der Waals surface area contributed by atoms with Crippen LogP contribution in [0.25, 0.3) is 0 Å². The van der Waals surface area contributed by atoms with Crippen molar-refractivity contribution in [2.75, 3.05) is 13.1 Å². The van der Waals surface area contributed by atoms with E-state index >= 15 is 0 Å². The van der Waals surface area contributed by atoms with Crippen molar-refractivity contribution in [1.29, 1.82) is 5.41 Å². The highest BCUT2D eigenvalue weighted by Gasteiger charge is 1.99. The van der Waals surface area contributed by atoms with Gasteiger partial charge >= 0.3 is 0 Å². The number of unbranched alkanes of at least 4 members (excludes halogenated alkanes) is 1. The molecule has 5 heteroatoms. The lowest BCUT2D eigenvalue weighted by Crippen LogP contribution is -2.32. The van der Waals surface area contributed by atoms with Crippen molar-refractivity contribution >= 4 is 11.9 Å². The summed E-state index contributed by atoms with van der Waals surface area (Å²) in [6, 6.07) is 0. The van der Waals surface area contributed by atoms with Gasteiger partial charge in [0, 0.05) is 19.5 Å². The molecule has 5 nitrogen and oxygen atoms in total. The highest BCUT2D eigenvalue weighted by atomic mass is 16.1. The predicted octanol–water partition coefficient (Wildman–Crippen LogP) is 0.166. The van der Waals surface area contributed by atoms with Crippen LogP contribution in [0.5, 0.6) is 0 Å². The van der Waals surface area contributed by atoms with Gasteiger partial charge in [0.2, 0.25) is 5.91 Å². The predicted molar refractivity (Wildman–Crippen MR) is 57.1 cm³/mol. The van der Waals surface area contributed by atoms with E-state index in [0.29, 0.717) is 19.4 Å². The van der Waals surface area contributed by atoms with E-state index in [1.54, 1.807) is 0 Å². The summed E-state index contributed by atoms with van der Waals surface area (Å²) in [6.45, 7) is 3.43. The van der Waals surface area contributed by atoms with Gasteiger partial charge in [-0.05, 0) is 12.8 Å². The fourth-order valence-electron chi connectivity index (χ4n) is 0.965. The number of carbonyl (C=O) groups excluding carboxylic acids is 1. The molecule has 0 saturated carbocycles. The molecule has 0 aromatic heterocycles. The summed E-state index contributed by atoms with van der Waals surface area (Å²) in [5.74, 6) is 0.0280. The summed E-state index contributed by atoms with van der Waals surface area (Å²) < 4.78 is 0. The van der Waals surface area contributed by atoms with Gasteiger partial charge in [0.05, 0.1) is 0 Å². The maximum Gasteiger partial charge on any atom is 0.220 e. The van der Waals surface area contributed by atoms with E-state index < -0.39 is 0 Å². The van der Waals surface area contributed by atoms with Crippen LogP contribution in [0.3, 0.4) is 0 Å². The number of rotatable bonds is 7. The molecule has 0 bridgehead atoms. The first kappa shape index (κ1) is 12.7. The van der Waals surface area contributed by atoms with E-state index in [9.17, 15) is 4.79 Å². The van der Waals surface area contributed by atoms with Crippen molar-refractivity contribution in [2.45, 2.75) is 32.6 Å². The zero-order valence-electron chi connectivity index (χ0n) is 8.73. The van der Waals surface area contributed by atoms with Crippen molar-refractivity contribution in [3.05, 3.63) is 0 Å². The molecule has 0 aliphatic carbocycles. The average Bonchev–Trinajstić information content (AvgIpc) is 2.13. The van der Waals surface area contributed by atoms with E-state index in [4.69, 9.17) is 11.1 Å². The molecular formula is C9H20N4O. The zero-order valence-corrected chi connectivity index (χ0v) is 8.73. The Morgan fingerprint density at radius 1 is 1.29 bits per heavy atom. The van der Waals surface area contributed by atoms with E-state index in [-0.39, 0.29) is 11.9 Å². The summed E-state index contributed by atoms with van der Waals surface area (Å²) in [7, 11) is 0. The van der Waals surface area contributed by atoms with E-state index in [1.807, 2.05) is 0 Å². The second-order valence-corrected chi connectivity index (χ2v) is 3.15. The quantitative estimate of drug-likeness (QED) is 0.268. The molecule has 0 aliphatic rings. The van der Waals surface area contributed by atoms with Crippen molar-refractivity contribution in [3.8, 4) is 0 Å². The van der Waals surface area contributed by atoms with Crippen LogP contribution in [0.4, 0.5) is 0 Å². The van der Waals surface area contributed by atoms with Gasteiger partial charge in [-0.25, -0.2) is 0 Å². The Balaban J connectivity index is 3.22. The van der Waals surface area contributed by atoms with Crippen molar-refractivity contribution in [1.82, 2.24) is 10.6 Å². The van der Waals surface area contributed by atoms with E-state index in [0.717, 1.165) is 19.4 Å². The van der Waals surface area contributed by atoms with Gasteiger partial charge in [-0.1, -0.05) is 13.3 Å². The molecule has 0 atom stereocenters. The number of hydrogen-bond donors (Lipinski definition) is 4. The van der Waals surface area contributed by atoms with E-state index in [2.05, 4.69) is 17.6 Å². The number of nitrogens with two attached hydrogens (primary N) is 1. The molecule has 0 saturated heterocycles. The molecule has 0 rings (SSSR count). The van der Waals surface area contributed by atoms with Crippen molar-refractivity contribution < 1.29 is 4.79 Å². The molecule has 0 radical (unpaired) electrons. The van der Waals surface area contributed by atoms with Crippen LogP contribution in [0.15, 0.2) is 0 Å². The lowest BCUT2D eigenvalue weighted by Gasteiger charge is -2.04. The molecule has 0 fully saturated rings. The number of carbonyl (C=O) groups is 1. The fourth-order valence-corrected chi connectivity index (χ4v) is 0.965. The highest BCUT2D eigenvalue weighted by Crippen LogP contribution is 1.88. The van der Waals surface area contributed by atoms with Crippen LogP contribution in [-0.4, -0.2) is 25.0 Å². The fraction of sp³-hybridized carbons (Fsp3) is 0.778. The lowest BCUT2D eigenvalue weighted by atomic mass is 10.3. The molecule has 14 heavy (non-hydrogen) atoms.